The van der Waals surface area contributed by atoms with Crippen LogP contribution in [0, 0.1) is 5.92 Å². The lowest BCUT2D eigenvalue weighted by Crippen LogP contribution is -2.49. The fourth-order valence-corrected chi connectivity index (χ4v) is 3.26. The van der Waals surface area contributed by atoms with Crippen LogP contribution in [0.2, 0.25) is 5.02 Å². The smallest absolute Gasteiger partial charge is 0.343 e. The first-order valence-electron chi connectivity index (χ1n) is 8.88. The Labute approximate surface area is 162 Å². The minimum absolute atomic E-state index is 0.0271. The normalized spacial score (nSPS) is 14.7. The van der Waals surface area contributed by atoms with Crippen molar-refractivity contribution in [2.75, 3.05) is 31.1 Å². The SMILES string of the molecule is CC(C)CC(=O)N1CCN(c2noc(-c3ccc(Cl)cc3)c2C(=O)O)CC1. The number of anilines is 1. The Kier molecular flexibility index (Phi) is 5.70. The zero-order valence-electron chi connectivity index (χ0n) is 15.3. The van der Waals surface area contributed by atoms with Gasteiger partial charge in [0.2, 0.25) is 5.91 Å². The maximum absolute atomic E-state index is 12.2. The average molecular weight is 392 g/mol. The van der Waals surface area contributed by atoms with Crippen molar-refractivity contribution in [2.24, 2.45) is 5.92 Å². The molecule has 8 heteroatoms. The second-order valence-electron chi connectivity index (χ2n) is 6.99. The second kappa shape index (κ2) is 8.00. The van der Waals surface area contributed by atoms with Gasteiger partial charge in [-0.1, -0.05) is 30.6 Å². The molecule has 0 bridgehead atoms. The summed E-state index contributed by atoms with van der Waals surface area (Å²) in [5.41, 5.74) is 0.626. The maximum Gasteiger partial charge on any atom is 0.343 e. The minimum atomic E-state index is -1.10. The summed E-state index contributed by atoms with van der Waals surface area (Å²) in [6.07, 6.45) is 0.519. The van der Waals surface area contributed by atoms with Crippen LogP contribution in [0.4, 0.5) is 5.82 Å². The number of piperazine rings is 1. The Hall–Kier alpha value is -2.54. The van der Waals surface area contributed by atoms with Crippen molar-refractivity contribution in [3.05, 3.63) is 34.9 Å². The van der Waals surface area contributed by atoms with Gasteiger partial charge in [0.05, 0.1) is 0 Å². The summed E-state index contributed by atoms with van der Waals surface area (Å²) >= 11 is 5.90. The highest BCUT2D eigenvalue weighted by atomic mass is 35.5. The number of rotatable bonds is 5. The van der Waals surface area contributed by atoms with Crippen molar-refractivity contribution in [1.29, 1.82) is 0 Å². The van der Waals surface area contributed by atoms with Crippen LogP contribution in [-0.2, 0) is 4.79 Å². The third-order valence-corrected chi connectivity index (χ3v) is 4.76. The van der Waals surface area contributed by atoms with Gasteiger partial charge in [-0.3, -0.25) is 4.79 Å². The molecule has 0 radical (unpaired) electrons. The molecule has 1 aliphatic heterocycles. The number of amides is 1. The summed E-state index contributed by atoms with van der Waals surface area (Å²) in [7, 11) is 0. The Morgan fingerprint density at radius 3 is 2.37 bits per heavy atom. The van der Waals surface area contributed by atoms with Gasteiger partial charge in [0, 0.05) is 43.2 Å². The van der Waals surface area contributed by atoms with Crippen LogP contribution >= 0.6 is 11.6 Å². The van der Waals surface area contributed by atoms with Crippen molar-refractivity contribution in [3.63, 3.8) is 0 Å². The Morgan fingerprint density at radius 1 is 1.19 bits per heavy atom. The van der Waals surface area contributed by atoms with Gasteiger partial charge in [-0.2, -0.15) is 0 Å². The molecule has 27 heavy (non-hydrogen) atoms. The molecule has 2 heterocycles. The third kappa shape index (κ3) is 4.24. The van der Waals surface area contributed by atoms with Crippen molar-refractivity contribution in [3.8, 4) is 11.3 Å². The van der Waals surface area contributed by atoms with Crippen LogP contribution in [0.25, 0.3) is 11.3 Å². The number of hydrogen-bond donors (Lipinski definition) is 1. The molecular formula is C19H22ClN3O4. The monoisotopic (exact) mass is 391 g/mol. The predicted octanol–water partition coefficient (Wildman–Crippen LogP) is 3.39. The van der Waals surface area contributed by atoms with Crippen LogP contribution < -0.4 is 4.90 Å². The zero-order valence-corrected chi connectivity index (χ0v) is 16.1. The number of hydrogen-bond acceptors (Lipinski definition) is 5. The largest absolute Gasteiger partial charge is 0.477 e. The highest BCUT2D eigenvalue weighted by Gasteiger charge is 2.30. The molecule has 7 nitrogen and oxygen atoms in total. The van der Waals surface area contributed by atoms with E-state index in [9.17, 15) is 14.7 Å². The summed E-state index contributed by atoms with van der Waals surface area (Å²) in [6, 6.07) is 6.73. The van der Waals surface area contributed by atoms with Crippen molar-refractivity contribution in [1.82, 2.24) is 10.1 Å². The van der Waals surface area contributed by atoms with Gasteiger partial charge in [-0.05, 0) is 30.2 Å². The van der Waals surface area contributed by atoms with Crippen molar-refractivity contribution in [2.45, 2.75) is 20.3 Å². The third-order valence-electron chi connectivity index (χ3n) is 4.51. The lowest BCUT2D eigenvalue weighted by atomic mass is 10.1. The van der Waals surface area contributed by atoms with Gasteiger partial charge in [0.25, 0.3) is 0 Å². The fraction of sp³-hybridized carbons (Fsp3) is 0.421. The lowest BCUT2D eigenvalue weighted by Gasteiger charge is -2.35. The molecule has 0 aliphatic carbocycles. The number of halogens is 1. The van der Waals surface area contributed by atoms with Gasteiger partial charge in [-0.15, -0.1) is 0 Å². The standard InChI is InChI=1S/C19H22ClN3O4/c1-12(2)11-15(24)22-7-9-23(10-8-22)18-16(19(25)26)17(27-21-18)13-3-5-14(20)6-4-13/h3-6,12H,7-11H2,1-2H3,(H,25,26). The van der Waals surface area contributed by atoms with E-state index in [1.54, 1.807) is 24.3 Å². The molecule has 0 spiro atoms. The molecule has 2 aromatic rings. The molecule has 1 aliphatic rings. The zero-order chi connectivity index (χ0) is 19.6. The van der Waals surface area contributed by atoms with Gasteiger partial charge in [0.1, 0.15) is 0 Å². The number of nitrogens with zero attached hydrogens (tertiary/aromatic N) is 3. The number of carboxylic acids is 1. The van der Waals surface area contributed by atoms with Gasteiger partial charge in [0.15, 0.2) is 17.1 Å². The van der Waals surface area contributed by atoms with Crippen LogP contribution in [0.15, 0.2) is 28.8 Å². The van der Waals surface area contributed by atoms with Crippen molar-refractivity contribution >= 4 is 29.3 Å². The van der Waals surface area contributed by atoms with Gasteiger partial charge in [-0.25, -0.2) is 4.79 Å². The summed E-state index contributed by atoms with van der Waals surface area (Å²) in [4.78, 5) is 27.7. The average Bonchev–Trinajstić information content (AvgIpc) is 3.07. The molecule has 1 aromatic carbocycles. The molecule has 0 atom stereocenters. The van der Waals surface area contributed by atoms with Gasteiger partial charge >= 0.3 is 5.97 Å². The number of benzene rings is 1. The molecule has 144 valence electrons. The summed E-state index contributed by atoms with van der Waals surface area (Å²) in [6.45, 7) is 6.12. The van der Waals surface area contributed by atoms with E-state index < -0.39 is 5.97 Å². The van der Waals surface area contributed by atoms with E-state index in [4.69, 9.17) is 16.1 Å². The Balaban J connectivity index is 1.79. The van der Waals surface area contributed by atoms with Crippen molar-refractivity contribution < 1.29 is 19.2 Å². The summed E-state index contributed by atoms with van der Waals surface area (Å²) in [5, 5.41) is 14.3. The van der Waals surface area contributed by atoms with Crippen LogP contribution in [0.1, 0.15) is 30.6 Å². The highest BCUT2D eigenvalue weighted by molar-refractivity contribution is 6.30. The van der Waals surface area contributed by atoms with E-state index in [-0.39, 0.29) is 17.2 Å². The molecule has 1 amide bonds. The van der Waals surface area contributed by atoms with E-state index in [2.05, 4.69) is 5.16 Å². The van der Waals surface area contributed by atoms with E-state index in [0.29, 0.717) is 54.9 Å². The van der Waals surface area contributed by atoms with Crippen LogP contribution in [0.3, 0.4) is 0 Å². The second-order valence-corrected chi connectivity index (χ2v) is 7.42. The van der Waals surface area contributed by atoms with E-state index in [1.165, 1.54) is 0 Å². The van der Waals surface area contributed by atoms with Crippen LogP contribution in [-0.4, -0.2) is 53.2 Å². The highest BCUT2D eigenvalue weighted by Crippen LogP contribution is 2.32. The van der Waals surface area contributed by atoms with E-state index in [1.807, 2.05) is 23.6 Å². The quantitative estimate of drug-likeness (QED) is 0.840. The van der Waals surface area contributed by atoms with Crippen LogP contribution in [0.5, 0.6) is 0 Å². The molecule has 1 saturated heterocycles. The lowest BCUT2D eigenvalue weighted by molar-refractivity contribution is -0.132. The molecule has 1 aromatic heterocycles. The topological polar surface area (TPSA) is 86.9 Å². The molecular weight excluding hydrogens is 370 g/mol. The van der Waals surface area contributed by atoms with Gasteiger partial charge < -0.3 is 19.4 Å². The first kappa shape index (κ1) is 19.2. The molecule has 3 rings (SSSR count). The first-order chi connectivity index (χ1) is 12.9. The van der Waals surface area contributed by atoms with E-state index >= 15 is 0 Å². The Bertz CT molecular complexity index is 824. The number of carbonyl (C=O) groups excluding carboxylic acids is 1. The number of carboxylic acid groups (broad SMARTS) is 1. The number of aromatic nitrogens is 1. The Morgan fingerprint density at radius 2 is 1.81 bits per heavy atom. The minimum Gasteiger partial charge on any atom is -0.477 e. The maximum atomic E-state index is 12.2. The number of carbonyl (C=O) groups is 2. The summed E-state index contributed by atoms with van der Waals surface area (Å²) in [5.74, 6) is -0.165. The number of aromatic carboxylic acids is 1. The molecule has 1 fully saturated rings. The first-order valence-corrected chi connectivity index (χ1v) is 9.26. The summed E-state index contributed by atoms with van der Waals surface area (Å²) < 4.78 is 5.37. The fourth-order valence-electron chi connectivity index (χ4n) is 3.13. The molecule has 0 saturated carbocycles. The predicted molar refractivity (Wildman–Crippen MR) is 102 cm³/mol. The van der Waals surface area contributed by atoms with E-state index in [0.717, 1.165) is 0 Å². The molecule has 1 N–H and O–H groups in total. The molecule has 0 unspecified atom stereocenters.